The predicted octanol–water partition coefficient (Wildman–Crippen LogP) is 5.51. The lowest BCUT2D eigenvalue weighted by atomic mass is 10.2. The number of fused-ring (bicyclic) bond motifs is 1. The molecule has 1 aromatic heterocycles. The van der Waals surface area contributed by atoms with Crippen molar-refractivity contribution < 1.29 is 14.4 Å². The lowest BCUT2D eigenvalue weighted by Crippen LogP contribution is -1.90. The van der Waals surface area contributed by atoms with Crippen molar-refractivity contribution in [2.75, 3.05) is 0 Å². The number of aliphatic imine (C=N–C) groups is 1. The van der Waals surface area contributed by atoms with Gasteiger partial charge in [-0.05, 0) is 42.5 Å². The van der Waals surface area contributed by atoms with Crippen LogP contribution in [0.5, 0.6) is 5.75 Å². The lowest BCUT2D eigenvalue weighted by molar-refractivity contribution is -0.384. The Kier molecular flexibility index (Phi) is 4.50. The highest BCUT2D eigenvalue weighted by atomic mass is 35.5. The second-order valence-corrected chi connectivity index (χ2v) is 6.38. The number of hydrogen-bond donors (Lipinski definition) is 1. The van der Waals surface area contributed by atoms with Crippen molar-refractivity contribution in [3.63, 3.8) is 0 Å². The Morgan fingerprint density at radius 1 is 1.14 bits per heavy atom. The van der Waals surface area contributed by atoms with Crippen LogP contribution in [0.3, 0.4) is 0 Å². The molecule has 0 spiro atoms. The van der Waals surface area contributed by atoms with Crippen molar-refractivity contribution in [3.05, 3.63) is 81.4 Å². The van der Waals surface area contributed by atoms with Crippen LogP contribution in [0.1, 0.15) is 5.56 Å². The molecule has 0 aliphatic carbocycles. The summed E-state index contributed by atoms with van der Waals surface area (Å²) in [6.07, 6.45) is 1.36. The van der Waals surface area contributed by atoms with Gasteiger partial charge in [0.25, 0.3) is 5.69 Å². The Morgan fingerprint density at radius 2 is 2.00 bits per heavy atom. The van der Waals surface area contributed by atoms with Gasteiger partial charge < -0.3 is 9.52 Å². The fourth-order valence-corrected chi connectivity index (χ4v) is 2.83. The summed E-state index contributed by atoms with van der Waals surface area (Å²) in [4.78, 5) is 19.1. The molecule has 0 unspecified atom stereocenters. The van der Waals surface area contributed by atoms with Gasteiger partial charge >= 0.3 is 0 Å². The first-order valence-corrected chi connectivity index (χ1v) is 8.55. The standard InChI is InChI=1S/C20H12ClN3O4/c21-14-3-1-2-12(8-14)20-23-17-10-15(4-7-19(17)28-20)22-11-13-9-16(24(26)27)5-6-18(13)25/h1-11,25H. The molecule has 3 aromatic carbocycles. The minimum absolute atomic E-state index is 0.0971. The van der Waals surface area contributed by atoms with Crippen LogP contribution in [-0.2, 0) is 0 Å². The molecule has 0 aliphatic rings. The van der Waals surface area contributed by atoms with E-state index in [9.17, 15) is 15.2 Å². The number of nitro benzene ring substituents is 1. The number of oxazole rings is 1. The molecule has 4 rings (SSSR count). The molecule has 0 bridgehead atoms. The van der Waals surface area contributed by atoms with E-state index >= 15 is 0 Å². The Balaban J connectivity index is 1.66. The van der Waals surface area contributed by atoms with Gasteiger partial charge in [-0.2, -0.15) is 0 Å². The quantitative estimate of drug-likeness (QED) is 0.279. The summed E-state index contributed by atoms with van der Waals surface area (Å²) < 4.78 is 5.75. The largest absolute Gasteiger partial charge is 0.507 e. The van der Waals surface area contributed by atoms with Crippen LogP contribution in [0.4, 0.5) is 11.4 Å². The topological polar surface area (TPSA) is 102 Å². The second kappa shape index (κ2) is 7.13. The van der Waals surface area contributed by atoms with E-state index in [0.29, 0.717) is 27.7 Å². The summed E-state index contributed by atoms with van der Waals surface area (Å²) >= 11 is 6.01. The van der Waals surface area contributed by atoms with E-state index in [1.54, 1.807) is 30.3 Å². The number of rotatable bonds is 4. The Bertz CT molecular complexity index is 1230. The van der Waals surface area contributed by atoms with E-state index < -0.39 is 4.92 Å². The minimum atomic E-state index is -0.532. The molecule has 4 aromatic rings. The third-order valence-electron chi connectivity index (χ3n) is 4.02. The maximum Gasteiger partial charge on any atom is 0.270 e. The molecule has 8 heteroatoms. The molecular formula is C20H12ClN3O4. The summed E-state index contributed by atoms with van der Waals surface area (Å²) in [6, 6.07) is 16.1. The molecule has 7 nitrogen and oxygen atoms in total. The van der Waals surface area contributed by atoms with Gasteiger partial charge in [-0.3, -0.25) is 15.1 Å². The van der Waals surface area contributed by atoms with E-state index in [4.69, 9.17) is 16.0 Å². The number of phenols is 1. The molecule has 0 amide bonds. The molecule has 0 fully saturated rings. The van der Waals surface area contributed by atoms with E-state index in [1.807, 2.05) is 12.1 Å². The van der Waals surface area contributed by atoms with Crippen LogP contribution < -0.4 is 0 Å². The number of aromatic nitrogens is 1. The van der Waals surface area contributed by atoms with Crippen LogP contribution in [0.25, 0.3) is 22.6 Å². The fourth-order valence-electron chi connectivity index (χ4n) is 2.64. The average molecular weight is 394 g/mol. The molecule has 0 radical (unpaired) electrons. The van der Waals surface area contributed by atoms with Crippen molar-refractivity contribution in [2.45, 2.75) is 0 Å². The zero-order valence-corrected chi connectivity index (χ0v) is 15.0. The number of phenolic OH excluding ortho intramolecular Hbond substituents is 1. The third-order valence-corrected chi connectivity index (χ3v) is 4.25. The van der Waals surface area contributed by atoms with Gasteiger partial charge in [0.1, 0.15) is 11.3 Å². The number of nitro groups is 1. The highest BCUT2D eigenvalue weighted by Gasteiger charge is 2.10. The summed E-state index contributed by atoms with van der Waals surface area (Å²) in [5.41, 5.74) is 2.63. The van der Waals surface area contributed by atoms with E-state index in [0.717, 1.165) is 5.56 Å². The van der Waals surface area contributed by atoms with E-state index in [-0.39, 0.29) is 17.0 Å². The van der Waals surface area contributed by atoms with Crippen molar-refractivity contribution in [1.29, 1.82) is 0 Å². The monoisotopic (exact) mass is 393 g/mol. The van der Waals surface area contributed by atoms with Gasteiger partial charge in [-0.25, -0.2) is 4.98 Å². The summed E-state index contributed by atoms with van der Waals surface area (Å²) in [5, 5.41) is 21.3. The van der Waals surface area contributed by atoms with Gasteiger partial charge in [-0.15, -0.1) is 0 Å². The zero-order valence-electron chi connectivity index (χ0n) is 14.2. The van der Waals surface area contributed by atoms with Crippen LogP contribution in [0, 0.1) is 10.1 Å². The Hall–Kier alpha value is -3.71. The summed E-state index contributed by atoms with van der Waals surface area (Å²) in [5.74, 6) is 0.343. The van der Waals surface area contributed by atoms with Crippen LogP contribution in [0.15, 0.2) is 70.1 Å². The molecule has 1 N–H and O–H groups in total. The van der Waals surface area contributed by atoms with E-state index in [1.165, 1.54) is 24.4 Å². The first kappa shape index (κ1) is 17.7. The third kappa shape index (κ3) is 3.56. The Morgan fingerprint density at radius 3 is 2.79 bits per heavy atom. The predicted molar refractivity (Wildman–Crippen MR) is 106 cm³/mol. The Labute approximate surface area is 163 Å². The van der Waals surface area contributed by atoms with Gasteiger partial charge in [-0.1, -0.05) is 17.7 Å². The highest BCUT2D eigenvalue weighted by molar-refractivity contribution is 6.30. The van der Waals surface area contributed by atoms with Crippen molar-refractivity contribution in [3.8, 4) is 17.2 Å². The fraction of sp³-hybridized carbons (Fsp3) is 0. The molecule has 1 heterocycles. The van der Waals surface area contributed by atoms with Gasteiger partial charge in [0.15, 0.2) is 5.58 Å². The number of halogens is 1. The maximum atomic E-state index is 10.9. The minimum Gasteiger partial charge on any atom is -0.507 e. The maximum absolute atomic E-state index is 10.9. The van der Waals surface area contributed by atoms with Gasteiger partial charge in [0, 0.05) is 34.5 Å². The molecular weight excluding hydrogens is 382 g/mol. The van der Waals surface area contributed by atoms with Crippen LogP contribution >= 0.6 is 11.6 Å². The van der Waals surface area contributed by atoms with Crippen LogP contribution in [0.2, 0.25) is 5.02 Å². The number of nitrogens with zero attached hydrogens (tertiary/aromatic N) is 3. The summed E-state index contributed by atoms with van der Waals surface area (Å²) in [7, 11) is 0. The van der Waals surface area contributed by atoms with Crippen LogP contribution in [-0.4, -0.2) is 21.2 Å². The molecule has 0 atom stereocenters. The molecule has 0 saturated heterocycles. The molecule has 28 heavy (non-hydrogen) atoms. The molecule has 0 aliphatic heterocycles. The van der Waals surface area contributed by atoms with E-state index in [2.05, 4.69) is 9.98 Å². The SMILES string of the molecule is O=[N+]([O-])c1ccc(O)c(C=Nc2ccc3oc(-c4cccc(Cl)c4)nc3c2)c1. The number of aromatic hydroxyl groups is 1. The van der Waals surface area contributed by atoms with Gasteiger partial charge in [0.05, 0.1) is 10.6 Å². The lowest BCUT2D eigenvalue weighted by Gasteiger charge is -1.99. The normalized spacial score (nSPS) is 11.3. The molecule has 138 valence electrons. The smallest absolute Gasteiger partial charge is 0.270 e. The highest BCUT2D eigenvalue weighted by Crippen LogP contribution is 2.29. The van der Waals surface area contributed by atoms with Gasteiger partial charge in [0.2, 0.25) is 5.89 Å². The first-order chi connectivity index (χ1) is 13.5. The van der Waals surface area contributed by atoms with Crippen molar-refractivity contribution >= 4 is 40.3 Å². The molecule has 0 saturated carbocycles. The summed E-state index contributed by atoms with van der Waals surface area (Å²) in [6.45, 7) is 0. The first-order valence-electron chi connectivity index (χ1n) is 8.17. The number of benzene rings is 3. The second-order valence-electron chi connectivity index (χ2n) is 5.94. The average Bonchev–Trinajstić information content (AvgIpc) is 3.10. The number of non-ortho nitro benzene ring substituents is 1. The van der Waals surface area contributed by atoms with Crippen molar-refractivity contribution in [2.24, 2.45) is 4.99 Å². The van der Waals surface area contributed by atoms with Crippen molar-refractivity contribution in [1.82, 2.24) is 4.98 Å². The zero-order chi connectivity index (χ0) is 19.7. The number of hydrogen-bond acceptors (Lipinski definition) is 6.